The summed E-state index contributed by atoms with van der Waals surface area (Å²) < 4.78 is 5.51. The van der Waals surface area contributed by atoms with Crippen LogP contribution >= 0.6 is 0 Å². The van der Waals surface area contributed by atoms with Crippen molar-refractivity contribution in [3.63, 3.8) is 0 Å². The van der Waals surface area contributed by atoms with E-state index in [-0.39, 0.29) is 0 Å². The van der Waals surface area contributed by atoms with E-state index >= 15 is 0 Å². The van der Waals surface area contributed by atoms with E-state index in [1.807, 2.05) is 0 Å². The Kier molecular flexibility index (Phi) is 3.92. The number of H-pyrrole nitrogens is 1. The van der Waals surface area contributed by atoms with Crippen molar-refractivity contribution in [3.8, 4) is 5.75 Å². The zero-order valence-corrected chi connectivity index (χ0v) is 11.7. The summed E-state index contributed by atoms with van der Waals surface area (Å²) in [5.41, 5.74) is 3.72. The topological polar surface area (TPSA) is 28.3 Å². The highest BCUT2D eigenvalue weighted by Gasteiger charge is 2.10. The van der Waals surface area contributed by atoms with Crippen LogP contribution in [0.3, 0.4) is 0 Å². The second-order valence-corrected chi connectivity index (χ2v) is 4.85. The van der Waals surface area contributed by atoms with Crippen molar-refractivity contribution in [2.24, 2.45) is 0 Å². The minimum atomic E-state index is 0.973. The zero-order chi connectivity index (χ0) is 13.1. The first-order valence-electron chi connectivity index (χ1n) is 6.48. The summed E-state index contributed by atoms with van der Waals surface area (Å²) in [6.07, 6.45) is 3.15. The number of nitrogens with zero attached hydrogens (tertiary/aromatic N) is 1. The van der Waals surface area contributed by atoms with Gasteiger partial charge < -0.3 is 14.6 Å². The predicted octanol–water partition coefficient (Wildman–Crippen LogP) is 2.98. The molecular weight excluding hydrogens is 224 g/mol. The summed E-state index contributed by atoms with van der Waals surface area (Å²) in [5.74, 6) is 0.973. The quantitative estimate of drug-likeness (QED) is 0.878. The molecule has 3 heteroatoms. The van der Waals surface area contributed by atoms with Crippen LogP contribution in [0.1, 0.15) is 18.1 Å². The van der Waals surface area contributed by atoms with Gasteiger partial charge in [-0.2, -0.15) is 0 Å². The summed E-state index contributed by atoms with van der Waals surface area (Å²) in [5, 5.41) is 1.23. The van der Waals surface area contributed by atoms with E-state index in [1.165, 1.54) is 22.0 Å². The van der Waals surface area contributed by atoms with Gasteiger partial charge in [0.05, 0.1) is 7.11 Å². The second kappa shape index (κ2) is 5.44. The minimum absolute atomic E-state index is 0.973. The summed E-state index contributed by atoms with van der Waals surface area (Å²) in [4.78, 5) is 5.67. The number of fused-ring (bicyclic) bond motifs is 1. The Bertz CT molecular complexity index is 531. The normalized spacial score (nSPS) is 11.4. The number of aryl methyl sites for hydroxylation is 1. The van der Waals surface area contributed by atoms with Crippen LogP contribution in [0.15, 0.2) is 18.3 Å². The molecule has 2 rings (SSSR count). The maximum absolute atomic E-state index is 5.51. The number of nitrogens with one attached hydrogen (secondary N) is 1. The standard InChI is InChI=1S/C15H22N2O/c1-5-17(3)7-6-12-10-16-13-8-11(2)9-14(18-4)15(12)13/h8-10,16H,5-7H2,1-4H3. The molecule has 0 fully saturated rings. The van der Waals surface area contributed by atoms with Crippen molar-refractivity contribution in [2.45, 2.75) is 20.3 Å². The van der Waals surface area contributed by atoms with Crippen LogP contribution in [-0.2, 0) is 6.42 Å². The van der Waals surface area contributed by atoms with Gasteiger partial charge in [0.15, 0.2) is 0 Å². The Morgan fingerprint density at radius 3 is 2.78 bits per heavy atom. The highest BCUT2D eigenvalue weighted by atomic mass is 16.5. The molecule has 0 amide bonds. The molecule has 0 aliphatic rings. The zero-order valence-electron chi connectivity index (χ0n) is 11.7. The number of benzene rings is 1. The Morgan fingerprint density at radius 2 is 2.11 bits per heavy atom. The number of aromatic nitrogens is 1. The molecule has 1 aromatic carbocycles. The summed E-state index contributed by atoms with van der Waals surface area (Å²) in [6, 6.07) is 4.27. The molecule has 3 nitrogen and oxygen atoms in total. The third kappa shape index (κ3) is 2.51. The number of hydrogen-bond donors (Lipinski definition) is 1. The number of hydrogen-bond acceptors (Lipinski definition) is 2. The fourth-order valence-corrected chi connectivity index (χ4v) is 2.26. The first-order valence-corrected chi connectivity index (χ1v) is 6.48. The van der Waals surface area contributed by atoms with E-state index in [4.69, 9.17) is 4.74 Å². The lowest BCUT2D eigenvalue weighted by Crippen LogP contribution is -2.20. The van der Waals surface area contributed by atoms with E-state index in [2.05, 4.69) is 49.1 Å². The average molecular weight is 246 g/mol. The molecule has 1 aromatic heterocycles. The molecule has 18 heavy (non-hydrogen) atoms. The largest absolute Gasteiger partial charge is 0.496 e. The lowest BCUT2D eigenvalue weighted by atomic mass is 10.1. The lowest BCUT2D eigenvalue weighted by molar-refractivity contribution is 0.358. The molecule has 1 N–H and O–H groups in total. The van der Waals surface area contributed by atoms with Gasteiger partial charge >= 0.3 is 0 Å². The fourth-order valence-electron chi connectivity index (χ4n) is 2.26. The predicted molar refractivity (Wildman–Crippen MR) is 76.5 cm³/mol. The van der Waals surface area contributed by atoms with Crippen LogP contribution in [0.4, 0.5) is 0 Å². The fraction of sp³-hybridized carbons (Fsp3) is 0.467. The van der Waals surface area contributed by atoms with E-state index in [0.29, 0.717) is 0 Å². The highest BCUT2D eigenvalue weighted by molar-refractivity contribution is 5.90. The van der Waals surface area contributed by atoms with Crippen LogP contribution in [-0.4, -0.2) is 37.1 Å². The van der Waals surface area contributed by atoms with Gasteiger partial charge in [-0.15, -0.1) is 0 Å². The van der Waals surface area contributed by atoms with Crippen molar-refractivity contribution < 1.29 is 4.74 Å². The first kappa shape index (κ1) is 13.0. The second-order valence-electron chi connectivity index (χ2n) is 4.85. The number of methoxy groups -OCH3 is 1. The Labute approximate surface area is 109 Å². The van der Waals surface area contributed by atoms with Crippen molar-refractivity contribution >= 4 is 10.9 Å². The minimum Gasteiger partial charge on any atom is -0.496 e. The smallest absolute Gasteiger partial charge is 0.128 e. The van der Waals surface area contributed by atoms with Crippen molar-refractivity contribution in [3.05, 3.63) is 29.5 Å². The van der Waals surface area contributed by atoms with Crippen LogP contribution in [0.25, 0.3) is 10.9 Å². The molecule has 0 bridgehead atoms. The van der Waals surface area contributed by atoms with Gasteiger partial charge in [-0.3, -0.25) is 0 Å². The third-order valence-electron chi connectivity index (χ3n) is 3.49. The van der Waals surface area contributed by atoms with E-state index in [9.17, 15) is 0 Å². The van der Waals surface area contributed by atoms with E-state index in [0.717, 1.165) is 25.3 Å². The van der Waals surface area contributed by atoms with Gasteiger partial charge in [-0.25, -0.2) is 0 Å². The number of likely N-dealkylation sites (N-methyl/N-ethyl adjacent to an activating group) is 1. The monoisotopic (exact) mass is 246 g/mol. The Morgan fingerprint density at radius 1 is 1.33 bits per heavy atom. The molecule has 0 aliphatic heterocycles. The molecule has 0 atom stereocenters. The van der Waals surface area contributed by atoms with Crippen molar-refractivity contribution in [1.29, 1.82) is 0 Å². The average Bonchev–Trinajstić information content (AvgIpc) is 2.77. The van der Waals surface area contributed by atoms with E-state index < -0.39 is 0 Å². The first-order chi connectivity index (χ1) is 8.65. The molecule has 0 aliphatic carbocycles. The number of ether oxygens (including phenoxy) is 1. The molecule has 0 spiro atoms. The van der Waals surface area contributed by atoms with Crippen LogP contribution in [0, 0.1) is 6.92 Å². The molecule has 0 saturated heterocycles. The number of rotatable bonds is 5. The molecule has 0 saturated carbocycles. The van der Waals surface area contributed by atoms with Gasteiger partial charge in [-0.05, 0) is 50.2 Å². The third-order valence-corrected chi connectivity index (χ3v) is 3.49. The molecule has 2 aromatic rings. The molecule has 0 unspecified atom stereocenters. The molecular formula is C15H22N2O. The van der Waals surface area contributed by atoms with Crippen LogP contribution in [0.5, 0.6) is 5.75 Å². The van der Waals surface area contributed by atoms with Crippen LogP contribution in [0.2, 0.25) is 0 Å². The van der Waals surface area contributed by atoms with Gasteiger partial charge in [0.1, 0.15) is 5.75 Å². The van der Waals surface area contributed by atoms with E-state index in [1.54, 1.807) is 7.11 Å². The van der Waals surface area contributed by atoms with Gasteiger partial charge in [0.2, 0.25) is 0 Å². The Balaban J connectivity index is 2.34. The maximum Gasteiger partial charge on any atom is 0.128 e. The van der Waals surface area contributed by atoms with Gasteiger partial charge in [0, 0.05) is 23.6 Å². The van der Waals surface area contributed by atoms with Crippen molar-refractivity contribution in [2.75, 3.05) is 27.2 Å². The molecule has 0 radical (unpaired) electrons. The van der Waals surface area contributed by atoms with Gasteiger partial charge in [0.25, 0.3) is 0 Å². The van der Waals surface area contributed by atoms with Crippen LogP contribution < -0.4 is 4.74 Å². The summed E-state index contributed by atoms with van der Waals surface area (Å²) >= 11 is 0. The molecule has 1 heterocycles. The maximum atomic E-state index is 5.51. The Hall–Kier alpha value is -1.48. The molecule has 98 valence electrons. The summed E-state index contributed by atoms with van der Waals surface area (Å²) in [7, 11) is 3.89. The lowest BCUT2D eigenvalue weighted by Gasteiger charge is -2.13. The SMILES string of the molecule is CCN(C)CCc1c[nH]c2cc(C)cc(OC)c12. The number of aromatic amines is 1. The highest BCUT2D eigenvalue weighted by Crippen LogP contribution is 2.30. The van der Waals surface area contributed by atoms with Crippen molar-refractivity contribution in [1.82, 2.24) is 9.88 Å². The van der Waals surface area contributed by atoms with Gasteiger partial charge in [-0.1, -0.05) is 6.92 Å². The summed E-state index contributed by atoms with van der Waals surface area (Å²) in [6.45, 7) is 6.42.